The first-order chi connectivity index (χ1) is 5.83. The summed E-state index contributed by atoms with van der Waals surface area (Å²) in [6, 6.07) is 0. The molecule has 6 heteroatoms. The fourth-order valence-corrected chi connectivity index (χ4v) is 1.07. The molecule has 5 nitrogen and oxygen atoms in total. The molecule has 0 aliphatic carbocycles. The van der Waals surface area contributed by atoms with Crippen molar-refractivity contribution in [3.05, 3.63) is 12.7 Å². The molecule has 0 fully saturated rings. The Bertz CT molecular complexity index is 410. The molecule has 0 unspecified atom stereocenters. The van der Waals surface area contributed by atoms with Gasteiger partial charge in [0.05, 0.1) is 6.33 Å². The summed E-state index contributed by atoms with van der Waals surface area (Å²) in [5.41, 5.74) is 1.56. The molecule has 0 atom stereocenters. The zero-order valence-corrected chi connectivity index (χ0v) is 10.3. The first-order valence-electron chi connectivity index (χ1n) is 3.56. The number of rotatable bonds is 1. The van der Waals surface area contributed by atoms with Gasteiger partial charge in [0, 0.05) is 63.1 Å². The van der Waals surface area contributed by atoms with Crippen LogP contribution in [-0.2, 0) is 39.8 Å². The summed E-state index contributed by atoms with van der Waals surface area (Å²) in [4.78, 5) is 12.0. The van der Waals surface area contributed by atoms with Crippen molar-refractivity contribution in [3.63, 3.8) is 0 Å². The SMILES string of the molecule is CNc1n[c-]nc2c1ncn2C.[Y]. The molecule has 0 aliphatic heterocycles. The van der Waals surface area contributed by atoms with Gasteiger partial charge >= 0.3 is 0 Å². The quantitative estimate of drug-likeness (QED) is 0.736. The van der Waals surface area contributed by atoms with Crippen LogP contribution in [0.5, 0.6) is 0 Å². The molecule has 0 spiro atoms. The molecule has 2 aromatic heterocycles. The number of hydrogen-bond acceptors (Lipinski definition) is 4. The molecule has 1 radical (unpaired) electrons. The minimum Gasteiger partial charge on any atom is -0.423 e. The molecule has 0 saturated carbocycles. The maximum absolute atomic E-state index is 4.14. The first kappa shape index (κ1) is 10.5. The number of aromatic nitrogens is 4. The van der Waals surface area contributed by atoms with Crippen LogP contribution in [0.2, 0.25) is 0 Å². The van der Waals surface area contributed by atoms with Crippen LogP contribution in [0.3, 0.4) is 0 Å². The zero-order valence-electron chi connectivity index (χ0n) is 7.44. The minimum atomic E-state index is 0. The van der Waals surface area contributed by atoms with Crippen molar-refractivity contribution in [2.45, 2.75) is 0 Å². The molecule has 2 heterocycles. The van der Waals surface area contributed by atoms with E-state index in [9.17, 15) is 0 Å². The normalized spacial score (nSPS) is 9.69. The van der Waals surface area contributed by atoms with Crippen LogP contribution in [-0.4, -0.2) is 26.6 Å². The molecule has 0 aliphatic rings. The predicted molar refractivity (Wildman–Crippen MR) is 44.7 cm³/mol. The largest absolute Gasteiger partial charge is 0.423 e. The van der Waals surface area contributed by atoms with E-state index in [4.69, 9.17) is 0 Å². The molecular weight excluding hydrogens is 243 g/mol. The Labute approximate surface area is 101 Å². The van der Waals surface area contributed by atoms with Gasteiger partial charge in [0.15, 0.2) is 0 Å². The molecule has 0 bridgehead atoms. The van der Waals surface area contributed by atoms with E-state index in [0.29, 0.717) is 5.82 Å². The van der Waals surface area contributed by atoms with Gasteiger partial charge in [0.25, 0.3) is 0 Å². The third kappa shape index (κ3) is 1.71. The van der Waals surface area contributed by atoms with E-state index >= 15 is 0 Å². The average molecular weight is 251 g/mol. The summed E-state index contributed by atoms with van der Waals surface area (Å²) in [6.07, 6.45) is 4.26. The molecule has 2 aromatic rings. The van der Waals surface area contributed by atoms with Crippen LogP contribution < -0.4 is 5.32 Å². The van der Waals surface area contributed by atoms with Gasteiger partial charge in [-0.15, -0.1) is 0 Å². The van der Waals surface area contributed by atoms with Crippen LogP contribution >= 0.6 is 0 Å². The Morgan fingerprint density at radius 2 is 2.23 bits per heavy atom. The molecule has 0 saturated heterocycles. The summed E-state index contributed by atoms with van der Waals surface area (Å²) in [7, 11) is 3.68. The van der Waals surface area contributed by atoms with E-state index in [1.165, 1.54) is 0 Å². The number of imidazole rings is 1. The average Bonchev–Trinajstić information content (AvgIpc) is 2.48. The third-order valence-corrected chi connectivity index (χ3v) is 1.68. The molecule has 0 amide bonds. The summed E-state index contributed by atoms with van der Waals surface area (Å²) < 4.78 is 1.83. The monoisotopic (exact) mass is 251 g/mol. The van der Waals surface area contributed by atoms with Crippen molar-refractivity contribution < 1.29 is 32.7 Å². The van der Waals surface area contributed by atoms with Gasteiger partial charge in [-0.2, -0.15) is 0 Å². The molecule has 1 N–H and O–H groups in total. The maximum Gasteiger partial charge on any atom is 0.0833 e. The Balaban J connectivity index is 0.000000845. The van der Waals surface area contributed by atoms with Crippen LogP contribution in [0, 0.1) is 6.33 Å². The minimum absolute atomic E-state index is 0. The van der Waals surface area contributed by atoms with E-state index in [1.54, 1.807) is 13.4 Å². The Morgan fingerprint density at radius 3 is 2.92 bits per heavy atom. The fourth-order valence-electron chi connectivity index (χ4n) is 1.07. The van der Waals surface area contributed by atoms with Crippen LogP contribution in [0.25, 0.3) is 11.2 Å². The second-order valence-electron chi connectivity index (χ2n) is 2.45. The van der Waals surface area contributed by atoms with E-state index < -0.39 is 0 Å². The predicted octanol–water partition coefficient (Wildman–Crippen LogP) is 0.203. The van der Waals surface area contributed by atoms with Crippen molar-refractivity contribution in [2.75, 3.05) is 12.4 Å². The van der Waals surface area contributed by atoms with Gasteiger partial charge in [-0.1, -0.05) is 0 Å². The molecule has 0 aromatic carbocycles. The Kier molecular flexibility index (Phi) is 3.33. The second kappa shape index (κ2) is 4.11. The maximum atomic E-state index is 4.14. The fraction of sp³-hybridized carbons (Fsp3) is 0.286. The number of nitrogens with zero attached hydrogens (tertiary/aromatic N) is 4. The summed E-state index contributed by atoms with van der Waals surface area (Å²) in [5.74, 6) is 0.709. The molecule has 2 rings (SSSR count). The number of nitrogens with one attached hydrogen (secondary N) is 1. The van der Waals surface area contributed by atoms with Gasteiger partial charge in [-0.25, -0.2) is 0 Å². The van der Waals surface area contributed by atoms with Gasteiger partial charge in [-0.05, 0) is 7.05 Å². The van der Waals surface area contributed by atoms with Crippen molar-refractivity contribution in [1.29, 1.82) is 0 Å². The summed E-state index contributed by atoms with van der Waals surface area (Å²) >= 11 is 0. The molecule has 65 valence electrons. The van der Waals surface area contributed by atoms with Crippen molar-refractivity contribution in [2.24, 2.45) is 7.05 Å². The first-order valence-corrected chi connectivity index (χ1v) is 3.56. The van der Waals surface area contributed by atoms with E-state index in [-0.39, 0.29) is 32.7 Å². The van der Waals surface area contributed by atoms with Gasteiger partial charge in [0.1, 0.15) is 0 Å². The number of aryl methyl sites for hydroxylation is 1. The number of anilines is 1. The van der Waals surface area contributed by atoms with Crippen LogP contribution in [0.1, 0.15) is 0 Å². The van der Waals surface area contributed by atoms with Crippen molar-refractivity contribution in [3.8, 4) is 0 Å². The Hall–Kier alpha value is -0.546. The summed E-state index contributed by atoms with van der Waals surface area (Å²) in [6.45, 7) is 0. The third-order valence-electron chi connectivity index (χ3n) is 1.68. The molecule has 13 heavy (non-hydrogen) atoms. The van der Waals surface area contributed by atoms with E-state index in [0.717, 1.165) is 11.2 Å². The van der Waals surface area contributed by atoms with Crippen LogP contribution in [0.4, 0.5) is 5.82 Å². The standard InChI is InChI=1S/C7H8N5.Y/c1-8-6-5-7(10-3-9-6)12(2)4-11-5;/h4H,1-2H3,(H,8,9,10);/q-1;. The second-order valence-corrected chi connectivity index (χ2v) is 2.45. The van der Waals surface area contributed by atoms with E-state index in [1.807, 2.05) is 11.6 Å². The smallest absolute Gasteiger partial charge is 0.0833 e. The van der Waals surface area contributed by atoms with Crippen LogP contribution in [0.15, 0.2) is 6.33 Å². The van der Waals surface area contributed by atoms with Gasteiger partial charge in [0.2, 0.25) is 0 Å². The van der Waals surface area contributed by atoms with Gasteiger partial charge in [-0.3, -0.25) is 4.98 Å². The van der Waals surface area contributed by atoms with E-state index in [2.05, 4.69) is 26.6 Å². The van der Waals surface area contributed by atoms with Gasteiger partial charge < -0.3 is 19.9 Å². The number of hydrogen-bond donors (Lipinski definition) is 1. The molecular formula is C7H8N5Y-. The summed E-state index contributed by atoms with van der Waals surface area (Å²) in [5, 5.41) is 2.93. The van der Waals surface area contributed by atoms with Crippen molar-refractivity contribution in [1.82, 2.24) is 19.5 Å². The number of fused-ring (bicyclic) bond motifs is 1. The Morgan fingerprint density at radius 1 is 1.46 bits per heavy atom. The topological polar surface area (TPSA) is 55.6 Å². The van der Waals surface area contributed by atoms with Crippen molar-refractivity contribution >= 4 is 17.0 Å². The zero-order chi connectivity index (χ0) is 8.55.